The zero-order valence-electron chi connectivity index (χ0n) is 12.4. The van der Waals surface area contributed by atoms with Gasteiger partial charge in [-0.3, -0.25) is 4.79 Å². The van der Waals surface area contributed by atoms with Crippen LogP contribution in [0, 0.1) is 0 Å². The first-order valence-electron chi connectivity index (χ1n) is 7.04. The summed E-state index contributed by atoms with van der Waals surface area (Å²) in [6.07, 6.45) is 1.23. The van der Waals surface area contributed by atoms with Crippen LogP contribution < -0.4 is 14.9 Å². The second-order valence-corrected chi connectivity index (χ2v) is 5.70. The van der Waals surface area contributed by atoms with E-state index in [1.165, 1.54) is 18.4 Å². The highest BCUT2D eigenvalue weighted by Crippen LogP contribution is 2.30. The highest BCUT2D eigenvalue weighted by molar-refractivity contribution is 6.35. The van der Waals surface area contributed by atoms with Gasteiger partial charge in [-0.25, -0.2) is 0 Å². The van der Waals surface area contributed by atoms with Crippen LogP contribution in [0.15, 0.2) is 70.1 Å². The van der Waals surface area contributed by atoms with E-state index in [9.17, 15) is 4.79 Å². The molecule has 0 aliphatic rings. The van der Waals surface area contributed by atoms with Crippen molar-refractivity contribution in [1.29, 1.82) is 0 Å². The van der Waals surface area contributed by atoms with E-state index in [-0.39, 0.29) is 17.8 Å². The van der Waals surface area contributed by atoms with E-state index < -0.39 is 0 Å². The number of hydrogen-bond donors (Lipinski definition) is 0. The molecular formula is C18H12Cl2O4. The molecule has 0 saturated heterocycles. The third kappa shape index (κ3) is 4.10. The Morgan fingerprint density at radius 1 is 0.958 bits per heavy atom. The molecule has 0 fully saturated rings. The number of rotatable bonds is 5. The van der Waals surface area contributed by atoms with Gasteiger partial charge < -0.3 is 13.9 Å². The zero-order valence-corrected chi connectivity index (χ0v) is 13.9. The van der Waals surface area contributed by atoms with Crippen molar-refractivity contribution in [3.05, 3.63) is 86.9 Å². The maximum absolute atomic E-state index is 12.1. The summed E-state index contributed by atoms with van der Waals surface area (Å²) in [6.45, 7) is 0.140. The Balaban J connectivity index is 1.71. The van der Waals surface area contributed by atoms with Crippen molar-refractivity contribution in [2.24, 2.45) is 0 Å². The van der Waals surface area contributed by atoms with Crippen LogP contribution in [0.4, 0.5) is 0 Å². The molecule has 2 aromatic carbocycles. The second kappa shape index (κ2) is 7.43. The first-order chi connectivity index (χ1) is 11.6. The molecule has 4 nitrogen and oxygen atoms in total. The lowest BCUT2D eigenvalue weighted by Crippen LogP contribution is -2.06. The number of benzene rings is 2. The molecule has 0 N–H and O–H groups in total. The van der Waals surface area contributed by atoms with Gasteiger partial charge >= 0.3 is 0 Å². The summed E-state index contributed by atoms with van der Waals surface area (Å²) in [6, 6.07) is 15.3. The SMILES string of the molecule is O=c1cc(COc2ccccc2)occ1Oc1ccc(Cl)cc1Cl. The number of ether oxygens (including phenoxy) is 2. The largest absolute Gasteiger partial charge is 0.486 e. The highest BCUT2D eigenvalue weighted by Gasteiger charge is 2.09. The zero-order chi connectivity index (χ0) is 16.9. The smallest absolute Gasteiger partial charge is 0.227 e. The van der Waals surface area contributed by atoms with Crippen LogP contribution >= 0.6 is 23.2 Å². The molecule has 0 amide bonds. The van der Waals surface area contributed by atoms with Crippen molar-refractivity contribution in [2.75, 3.05) is 0 Å². The Morgan fingerprint density at radius 3 is 2.46 bits per heavy atom. The molecular weight excluding hydrogens is 351 g/mol. The Kier molecular flexibility index (Phi) is 5.08. The number of para-hydroxylation sites is 1. The predicted molar refractivity (Wildman–Crippen MR) is 92.3 cm³/mol. The fourth-order valence-corrected chi connectivity index (χ4v) is 2.38. The lowest BCUT2D eigenvalue weighted by atomic mass is 10.3. The van der Waals surface area contributed by atoms with E-state index in [2.05, 4.69) is 0 Å². The Hall–Kier alpha value is -2.43. The molecule has 1 heterocycles. The van der Waals surface area contributed by atoms with Crippen molar-refractivity contribution in [1.82, 2.24) is 0 Å². The minimum atomic E-state index is -0.334. The Morgan fingerprint density at radius 2 is 1.75 bits per heavy atom. The van der Waals surface area contributed by atoms with Gasteiger partial charge in [0, 0.05) is 11.1 Å². The van der Waals surface area contributed by atoms with E-state index in [1.54, 1.807) is 12.1 Å². The molecule has 3 aromatic rings. The van der Waals surface area contributed by atoms with Crippen molar-refractivity contribution in [3.8, 4) is 17.2 Å². The first-order valence-corrected chi connectivity index (χ1v) is 7.80. The van der Waals surface area contributed by atoms with Crippen LogP contribution in [-0.4, -0.2) is 0 Å². The van der Waals surface area contributed by atoms with Crippen LogP contribution in [0.3, 0.4) is 0 Å². The molecule has 1 aromatic heterocycles. The fraction of sp³-hybridized carbons (Fsp3) is 0.0556. The van der Waals surface area contributed by atoms with Crippen molar-refractivity contribution in [3.63, 3.8) is 0 Å². The molecule has 122 valence electrons. The van der Waals surface area contributed by atoms with Gasteiger partial charge in [0.1, 0.15) is 30.1 Å². The quantitative estimate of drug-likeness (QED) is 0.616. The summed E-state index contributed by atoms with van der Waals surface area (Å²) in [7, 11) is 0. The molecule has 24 heavy (non-hydrogen) atoms. The molecule has 0 radical (unpaired) electrons. The third-order valence-electron chi connectivity index (χ3n) is 3.09. The molecule has 0 aliphatic heterocycles. The van der Waals surface area contributed by atoms with Gasteiger partial charge in [0.15, 0.2) is 0 Å². The topological polar surface area (TPSA) is 48.7 Å². The van der Waals surface area contributed by atoms with Gasteiger partial charge in [0.05, 0.1) is 5.02 Å². The van der Waals surface area contributed by atoms with E-state index in [0.29, 0.717) is 27.3 Å². The molecule has 0 aliphatic carbocycles. The summed E-state index contributed by atoms with van der Waals surface area (Å²) in [5, 5.41) is 0.784. The maximum Gasteiger partial charge on any atom is 0.227 e. The molecule has 6 heteroatoms. The van der Waals surface area contributed by atoms with Crippen molar-refractivity contribution < 1.29 is 13.9 Å². The average molecular weight is 363 g/mol. The molecule has 0 unspecified atom stereocenters. The Labute approximate surface area is 148 Å². The summed E-state index contributed by atoms with van der Waals surface area (Å²) in [5.41, 5.74) is -0.334. The standard InChI is InChI=1S/C18H12Cl2O4/c19-12-6-7-17(15(20)8-12)24-18-11-23-14(9-16(18)21)10-22-13-4-2-1-3-5-13/h1-9,11H,10H2. The van der Waals surface area contributed by atoms with Crippen LogP contribution in [0.2, 0.25) is 10.0 Å². The fourth-order valence-electron chi connectivity index (χ4n) is 1.94. The van der Waals surface area contributed by atoms with Gasteiger partial charge in [0.25, 0.3) is 0 Å². The maximum atomic E-state index is 12.1. The Bertz CT molecular complexity index is 891. The molecule has 3 rings (SSSR count). The van der Waals surface area contributed by atoms with Gasteiger partial charge in [-0.2, -0.15) is 0 Å². The van der Waals surface area contributed by atoms with Crippen molar-refractivity contribution >= 4 is 23.2 Å². The number of halogens is 2. The molecule has 0 atom stereocenters. The normalized spacial score (nSPS) is 10.4. The van der Waals surface area contributed by atoms with Crippen LogP contribution in [0.1, 0.15) is 5.76 Å². The van der Waals surface area contributed by atoms with E-state index in [0.717, 1.165) is 0 Å². The lowest BCUT2D eigenvalue weighted by Gasteiger charge is -2.08. The summed E-state index contributed by atoms with van der Waals surface area (Å²) in [5.74, 6) is 1.43. The average Bonchev–Trinajstić information content (AvgIpc) is 2.58. The third-order valence-corrected chi connectivity index (χ3v) is 3.62. The van der Waals surface area contributed by atoms with Gasteiger partial charge in [-0.05, 0) is 30.3 Å². The minimum absolute atomic E-state index is 0.0303. The van der Waals surface area contributed by atoms with E-state index in [4.69, 9.17) is 37.1 Å². The molecule has 0 saturated carbocycles. The van der Waals surface area contributed by atoms with Crippen LogP contribution in [0.25, 0.3) is 0 Å². The van der Waals surface area contributed by atoms with Crippen LogP contribution in [-0.2, 0) is 6.61 Å². The van der Waals surface area contributed by atoms with Crippen molar-refractivity contribution in [2.45, 2.75) is 6.61 Å². The second-order valence-electron chi connectivity index (χ2n) is 4.85. The summed E-state index contributed by atoms with van der Waals surface area (Å²) >= 11 is 11.8. The lowest BCUT2D eigenvalue weighted by molar-refractivity contribution is 0.264. The highest BCUT2D eigenvalue weighted by atomic mass is 35.5. The molecule has 0 bridgehead atoms. The molecule has 0 spiro atoms. The van der Waals surface area contributed by atoms with Crippen LogP contribution in [0.5, 0.6) is 17.2 Å². The first kappa shape index (κ1) is 16.4. The monoisotopic (exact) mass is 362 g/mol. The summed E-state index contributed by atoms with van der Waals surface area (Å²) < 4.78 is 16.4. The van der Waals surface area contributed by atoms with Gasteiger partial charge in [-0.15, -0.1) is 0 Å². The van der Waals surface area contributed by atoms with Gasteiger partial charge in [-0.1, -0.05) is 41.4 Å². The minimum Gasteiger partial charge on any atom is -0.486 e. The van der Waals surface area contributed by atoms with E-state index >= 15 is 0 Å². The van der Waals surface area contributed by atoms with Gasteiger partial charge in [0.2, 0.25) is 11.2 Å². The predicted octanol–water partition coefficient (Wildman–Crippen LogP) is 5.32. The summed E-state index contributed by atoms with van der Waals surface area (Å²) in [4.78, 5) is 12.1. The van der Waals surface area contributed by atoms with E-state index in [1.807, 2.05) is 30.3 Å². The number of hydrogen-bond acceptors (Lipinski definition) is 4.